The smallest absolute Gasteiger partial charge is 0.0587 e. The monoisotopic (exact) mass is 324 g/mol. The topological polar surface area (TPSA) is 38.0 Å². The molecule has 0 bridgehead atoms. The summed E-state index contributed by atoms with van der Waals surface area (Å²) in [6.45, 7) is 4.31. The van der Waals surface area contributed by atoms with Crippen LogP contribution in [-0.4, -0.2) is 6.04 Å². The van der Waals surface area contributed by atoms with Crippen molar-refractivity contribution in [3.05, 3.63) is 44.6 Å². The lowest BCUT2D eigenvalue weighted by Gasteiger charge is -2.16. The molecular weight excluding hydrogens is 308 g/mol. The first-order valence-electron chi connectivity index (χ1n) is 5.91. The molecule has 0 aliphatic rings. The van der Waals surface area contributed by atoms with Crippen molar-refractivity contribution in [1.82, 2.24) is 0 Å². The van der Waals surface area contributed by atoms with Crippen LogP contribution < -0.4 is 11.1 Å². The third-order valence-electron chi connectivity index (χ3n) is 2.72. The van der Waals surface area contributed by atoms with Gasteiger partial charge in [0.25, 0.3) is 0 Å². The number of nitrogens with one attached hydrogen (secondary N) is 1. The standard InChI is InChI=1S/C14H17BrN2S/c1-9(7-12-5-3-10(2)18-12)17-14-8-11(15)4-6-13(14)16/h3-6,8-9,17H,7,16H2,1-2H3. The highest BCUT2D eigenvalue weighted by Gasteiger charge is 2.07. The number of nitrogen functional groups attached to an aromatic ring is 1. The summed E-state index contributed by atoms with van der Waals surface area (Å²) in [5, 5.41) is 3.46. The summed E-state index contributed by atoms with van der Waals surface area (Å²) >= 11 is 5.32. The van der Waals surface area contributed by atoms with Crippen LogP contribution in [0.5, 0.6) is 0 Å². The van der Waals surface area contributed by atoms with E-state index >= 15 is 0 Å². The van der Waals surface area contributed by atoms with Crippen molar-refractivity contribution in [2.24, 2.45) is 0 Å². The van der Waals surface area contributed by atoms with Crippen LogP contribution in [0.25, 0.3) is 0 Å². The van der Waals surface area contributed by atoms with Gasteiger partial charge in [-0.3, -0.25) is 0 Å². The van der Waals surface area contributed by atoms with Crippen molar-refractivity contribution in [1.29, 1.82) is 0 Å². The Kier molecular flexibility index (Phi) is 4.30. The summed E-state index contributed by atoms with van der Waals surface area (Å²) in [5.41, 5.74) is 7.73. The zero-order chi connectivity index (χ0) is 13.1. The summed E-state index contributed by atoms with van der Waals surface area (Å²) in [7, 11) is 0. The van der Waals surface area contributed by atoms with Crippen LogP contribution in [0.15, 0.2) is 34.8 Å². The zero-order valence-electron chi connectivity index (χ0n) is 10.5. The highest BCUT2D eigenvalue weighted by molar-refractivity contribution is 9.10. The first kappa shape index (κ1) is 13.4. The Morgan fingerprint density at radius 3 is 2.78 bits per heavy atom. The summed E-state index contributed by atoms with van der Waals surface area (Å²) in [6, 6.07) is 10.6. The van der Waals surface area contributed by atoms with E-state index in [0.717, 1.165) is 22.3 Å². The summed E-state index contributed by atoms with van der Waals surface area (Å²) < 4.78 is 1.04. The van der Waals surface area contributed by atoms with Gasteiger partial charge in [0.2, 0.25) is 0 Å². The molecule has 1 heterocycles. The van der Waals surface area contributed by atoms with Gasteiger partial charge in [-0.05, 0) is 44.2 Å². The van der Waals surface area contributed by atoms with Crippen LogP contribution in [-0.2, 0) is 6.42 Å². The molecular formula is C14H17BrN2S. The lowest BCUT2D eigenvalue weighted by atomic mass is 10.2. The van der Waals surface area contributed by atoms with Crippen molar-refractivity contribution in [3.8, 4) is 0 Å². The molecule has 2 nitrogen and oxygen atoms in total. The number of hydrogen-bond donors (Lipinski definition) is 2. The molecule has 0 amide bonds. The Labute approximate surface area is 120 Å². The summed E-state index contributed by atoms with van der Waals surface area (Å²) in [6.07, 6.45) is 1.02. The first-order valence-corrected chi connectivity index (χ1v) is 7.52. The molecule has 18 heavy (non-hydrogen) atoms. The van der Waals surface area contributed by atoms with Crippen molar-refractivity contribution in [3.63, 3.8) is 0 Å². The normalized spacial score (nSPS) is 12.4. The van der Waals surface area contributed by atoms with Crippen molar-refractivity contribution < 1.29 is 0 Å². The largest absolute Gasteiger partial charge is 0.397 e. The van der Waals surface area contributed by atoms with Gasteiger partial charge in [-0.1, -0.05) is 15.9 Å². The van der Waals surface area contributed by atoms with E-state index in [9.17, 15) is 0 Å². The summed E-state index contributed by atoms with van der Waals surface area (Å²) in [5.74, 6) is 0. The maximum Gasteiger partial charge on any atom is 0.0587 e. The van der Waals surface area contributed by atoms with E-state index < -0.39 is 0 Å². The SMILES string of the molecule is Cc1ccc(CC(C)Nc2cc(Br)ccc2N)s1. The van der Waals surface area contributed by atoms with E-state index in [4.69, 9.17) is 5.73 Å². The van der Waals surface area contributed by atoms with Gasteiger partial charge in [-0.25, -0.2) is 0 Å². The predicted octanol–water partition coefficient (Wildman–Crippen LogP) is 4.44. The third kappa shape index (κ3) is 3.50. The highest BCUT2D eigenvalue weighted by atomic mass is 79.9. The fourth-order valence-electron chi connectivity index (χ4n) is 1.87. The fourth-order valence-corrected chi connectivity index (χ4v) is 3.25. The number of nitrogens with two attached hydrogens (primary N) is 1. The molecule has 1 unspecified atom stereocenters. The van der Waals surface area contributed by atoms with Gasteiger partial charge in [0.05, 0.1) is 11.4 Å². The van der Waals surface area contributed by atoms with Crippen molar-refractivity contribution >= 4 is 38.6 Å². The number of hydrogen-bond acceptors (Lipinski definition) is 3. The van der Waals surface area contributed by atoms with Crippen LogP contribution in [0.4, 0.5) is 11.4 Å². The van der Waals surface area contributed by atoms with Gasteiger partial charge in [0, 0.05) is 26.7 Å². The number of rotatable bonds is 4. The third-order valence-corrected chi connectivity index (χ3v) is 4.24. The maximum absolute atomic E-state index is 5.95. The predicted molar refractivity (Wildman–Crippen MR) is 84.4 cm³/mol. The molecule has 0 saturated heterocycles. The van der Waals surface area contributed by atoms with E-state index in [1.807, 2.05) is 29.5 Å². The number of benzene rings is 1. The molecule has 2 rings (SSSR count). The second kappa shape index (κ2) is 5.76. The maximum atomic E-state index is 5.95. The van der Waals surface area contributed by atoms with Gasteiger partial charge in [-0.2, -0.15) is 0 Å². The van der Waals surface area contributed by atoms with E-state index in [0.29, 0.717) is 6.04 Å². The number of anilines is 2. The van der Waals surface area contributed by atoms with Crippen LogP contribution in [0.2, 0.25) is 0 Å². The minimum atomic E-state index is 0.361. The molecule has 3 N–H and O–H groups in total. The molecule has 1 aromatic carbocycles. The van der Waals surface area contributed by atoms with E-state index in [1.54, 1.807) is 0 Å². The van der Waals surface area contributed by atoms with Crippen molar-refractivity contribution in [2.45, 2.75) is 26.3 Å². The average Bonchev–Trinajstić information content (AvgIpc) is 2.69. The quantitative estimate of drug-likeness (QED) is 0.815. The number of thiophene rings is 1. The van der Waals surface area contributed by atoms with Gasteiger partial charge < -0.3 is 11.1 Å². The Morgan fingerprint density at radius 1 is 1.33 bits per heavy atom. The molecule has 0 fully saturated rings. The van der Waals surface area contributed by atoms with Crippen LogP contribution >= 0.6 is 27.3 Å². The van der Waals surface area contributed by atoms with Crippen LogP contribution in [0.1, 0.15) is 16.7 Å². The van der Waals surface area contributed by atoms with Gasteiger partial charge in [0.1, 0.15) is 0 Å². The molecule has 2 aromatic rings. The van der Waals surface area contributed by atoms with Crippen LogP contribution in [0.3, 0.4) is 0 Å². The molecule has 0 radical (unpaired) electrons. The Balaban J connectivity index is 2.02. The number of aryl methyl sites for hydroxylation is 1. The minimum absolute atomic E-state index is 0.361. The minimum Gasteiger partial charge on any atom is -0.397 e. The van der Waals surface area contributed by atoms with Gasteiger partial charge in [0.15, 0.2) is 0 Å². The van der Waals surface area contributed by atoms with Gasteiger partial charge in [-0.15, -0.1) is 11.3 Å². The Morgan fingerprint density at radius 2 is 2.11 bits per heavy atom. The molecule has 4 heteroatoms. The number of halogens is 1. The molecule has 0 aliphatic heterocycles. The molecule has 0 saturated carbocycles. The first-order chi connectivity index (χ1) is 8.54. The Hall–Kier alpha value is -1.00. The molecule has 0 spiro atoms. The molecule has 1 atom stereocenters. The van der Waals surface area contributed by atoms with E-state index in [-0.39, 0.29) is 0 Å². The average molecular weight is 325 g/mol. The lowest BCUT2D eigenvalue weighted by molar-refractivity contribution is 0.801. The lowest BCUT2D eigenvalue weighted by Crippen LogP contribution is -2.18. The fraction of sp³-hybridized carbons (Fsp3) is 0.286. The summed E-state index contributed by atoms with van der Waals surface area (Å²) in [4.78, 5) is 2.76. The molecule has 96 valence electrons. The molecule has 0 aliphatic carbocycles. The second-order valence-electron chi connectivity index (χ2n) is 4.49. The Bertz CT molecular complexity index is 536. The molecule has 1 aromatic heterocycles. The van der Waals surface area contributed by atoms with Gasteiger partial charge >= 0.3 is 0 Å². The highest BCUT2D eigenvalue weighted by Crippen LogP contribution is 2.25. The van der Waals surface area contributed by atoms with E-state index in [2.05, 4.69) is 47.2 Å². The van der Waals surface area contributed by atoms with Crippen LogP contribution in [0, 0.1) is 6.92 Å². The zero-order valence-corrected chi connectivity index (χ0v) is 12.9. The van der Waals surface area contributed by atoms with E-state index in [1.165, 1.54) is 9.75 Å². The van der Waals surface area contributed by atoms with Crippen molar-refractivity contribution in [2.75, 3.05) is 11.1 Å². The second-order valence-corrected chi connectivity index (χ2v) is 6.78.